The van der Waals surface area contributed by atoms with Crippen molar-refractivity contribution in [1.82, 2.24) is 0 Å². The maximum atomic E-state index is 10.8. The number of carboxylic acids is 2. The van der Waals surface area contributed by atoms with Crippen LogP contribution >= 0.6 is 0 Å². The zero-order valence-electron chi connectivity index (χ0n) is 37.3. The SMILES string of the molecule is CCCCCCCCCCC(O)CCCC(CCC(=O)[O-])OCc1ccccc1.CCCCCCCCCCC(O)CCCC(CCC(=O)[O-])OCc1ccccc1.[Ba+2]. The number of aliphatic carboxylic acids is 2. The van der Waals surface area contributed by atoms with Crippen LogP contribution in [0.2, 0.25) is 0 Å². The molecule has 8 nitrogen and oxygen atoms in total. The summed E-state index contributed by atoms with van der Waals surface area (Å²) >= 11 is 0. The summed E-state index contributed by atoms with van der Waals surface area (Å²) < 4.78 is 11.9. The van der Waals surface area contributed by atoms with Crippen molar-refractivity contribution in [1.29, 1.82) is 0 Å². The van der Waals surface area contributed by atoms with Gasteiger partial charge in [-0.15, -0.1) is 0 Å². The molecule has 0 saturated carbocycles. The molecule has 0 saturated heterocycles. The van der Waals surface area contributed by atoms with Gasteiger partial charge >= 0.3 is 48.9 Å². The van der Waals surface area contributed by atoms with Gasteiger partial charge in [0, 0.05) is 11.9 Å². The summed E-state index contributed by atoms with van der Waals surface area (Å²) in [6.07, 6.45) is 27.1. The van der Waals surface area contributed by atoms with Gasteiger partial charge in [-0.2, -0.15) is 0 Å². The molecule has 4 atom stereocenters. The molecular weight excluding hydrogens is 866 g/mol. The average Bonchev–Trinajstić information content (AvgIpc) is 3.22. The van der Waals surface area contributed by atoms with E-state index >= 15 is 0 Å². The number of benzene rings is 2. The number of carbonyl (C=O) groups excluding carboxylic acids is 2. The maximum Gasteiger partial charge on any atom is 2.00 e. The second kappa shape index (κ2) is 42.1. The van der Waals surface area contributed by atoms with Gasteiger partial charge in [-0.1, -0.05) is 177 Å². The van der Waals surface area contributed by atoms with E-state index in [4.69, 9.17) is 9.47 Å². The molecule has 59 heavy (non-hydrogen) atoms. The molecule has 2 rings (SSSR count). The first kappa shape index (κ1) is 57.8. The maximum absolute atomic E-state index is 10.8. The van der Waals surface area contributed by atoms with Crippen molar-refractivity contribution in [3.05, 3.63) is 71.8 Å². The third-order valence-electron chi connectivity index (χ3n) is 10.9. The predicted molar refractivity (Wildman–Crippen MR) is 238 cm³/mol. The molecule has 0 amide bonds. The normalized spacial score (nSPS) is 13.1. The molecule has 0 aromatic heterocycles. The fourth-order valence-electron chi connectivity index (χ4n) is 7.23. The second-order valence-electron chi connectivity index (χ2n) is 16.4. The smallest absolute Gasteiger partial charge is 0.550 e. The molecular formula is C50H82BaO8. The van der Waals surface area contributed by atoms with Crippen LogP contribution < -0.4 is 10.2 Å². The number of unbranched alkanes of at least 4 members (excludes halogenated alkanes) is 14. The summed E-state index contributed by atoms with van der Waals surface area (Å²) in [5, 5.41) is 42.0. The van der Waals surface area contributed by atoms with Crippen LogP contribution in [0.4, 0.5) is 0 Å². The third-order valence-corrected chi connectivity index (χ3v) is 10.9. The Morgan fingerprint density at radius 3 is 1.08 bits per heavy atom. The van der Waals surface area contributed by atoms with E-state index in [1.165, 1.54) is 89.9 Å². The van der Waals surface area contributed by atoms with E-state index in [0.717, 1.165) is 75.3 Å². The quantitative estimate of drug-likeness (QED) is 0.0501. The van der Waals surface area contributed by atoms with Crippen molar-refractivity contribution in [2.24, 2.45) is 0 Å². The predicted octanol–water partition coefficient (Wildman–Crippen LogP) is 9.95. The number of hydrogen-bond acceptors (Lipinski definition) is 8. The Morgan fingerprint density at radius 2 is 0.763 bits per heavy atom. The summed E-state index contributed by atoms with van der Waals surface area (Å²) in [5.74, 6) is -2.07. The number of aliphatic hydroxyl groups is 2. The molecule has 9 heteroatoms. The number of hydrogen-bond donors (Lipinski definition) is 2. The summed E-state index contributed by atoms with van der Waals surface area (Å²) in [6, 6.07) is 19.8. The Hall–Kier alpha value is -1.21. The number of aliphatic hydroxyl groups excluding tert-OH is 2. The molecule has 4 unspecified atom stereocenters. The van der Waals surface area contributed by atoms with Gasteiger partial charge in [-0.05, 0) is 88.2 Å². The van der Waals surface area contributed by atoms with Crippen LogP contribution in [0.5, 0.6) is 0 Å². The van der Waals surface area contributed by atoms with E-state index in [2.05, 4.69) is 13.8 Å². The first-order valence-electron chi connectivity index (χ1n) is 23.3. The monoisotopic (exact) mass is 949 g/mol. The van der Waals surface area contributed by atoms with E-state index in [1.54, 1.807) is 0 Å². The van der Waals surface area contributed by atoms with Gasteiger partial charge in [0.15, 0.2) is 0 Å². The van der Waals surface area contributed by atoms with Gasteiger partial charge in [0.2, 0.25) is 0 Å². The third kappa shape index (κ3) is 38.2. The summed E-state index contributed by atoms with van der Waals surface area (Å²) in [6.45, 7) is 5.45. The van der Waals surface area contributed by atoms with Gasteiger partial charge in [-0.25, -0.2) is 0 Å². The summed E-state index contributed by atoms with van der Waals surface area (Å²) in [5.41, 5.74) is 2.17. The van der Waals surface area contributed by atoms with E-state index in [0.29, 0.717) is 26.1 Å². The molecule has 0 aliphatic heterocycles. The summed E-state index contributed by atoms with van der Waals surface area (Å²) in [4.78, 5) is 21.6. The molecule has 0 aliphatic carbocycles. The Kier molecular flexibility index (Phi) is 41.2. The minimum Gasteiger partial charge on any atom is -0.550 e. The first-order valence-corrected chi connectivity index (χ1v) is 23.3. The van der Waals surface area contributed by atoms with E-state index in [1.807, 2.05) is 60.7 Å². The Labute approximate surface area is 400 Å². The molecule has 0 heterocycles. The molecule has 0 spiro atoms. The van der Waals surface area contributed by atoms with Crippen LogP contribution in [0.3, 0.4) is 0 Å². The minimum absolute atomic E-state index is 0. The van der Waals surface area contributed by atoms with E-state index < -0.39 is 11.9 Å². The fraction of sp³-hybridized carbons (Fsp3) is 0.720. The molecule has 0 aliphatic rings. The summed E-state index contributed by atoms with van der Waals surface area (Å²) in [7, 11) is 0. The molecule has 0 fully saturated rings. The topological polar surface area (TPSA) is 139 Å². The zero-order chi connectivity index (χ0) is 42.3. The van der Waals surface area contributed by atoms with Crippen molar-refractivity contribution in [3.8, 4) is 0 Å². The van der Waals surface area contributed by atoms with Crippen molar-refractivity contribution in [3.63, 3.8) is 0 Å². The van der Waals surface area contributed by atoms with Crippen LogP contribution in [0.15, 0.2) is 60.7 Å². The Bertz CT molecular complexity index is 1110. The van der Waals surface area contributed by atoms with Crippen molar-refractivity contribution in [2.45, 2.75) is 231 Å². The number of carboxylic acid groups (broad SMARTS) is 2. The second-order valence-corrected chi connectivity index (χ2v) is 16.4. The molecule has 332 valence electrons. The van der Waals surface area contributed by atoms with Gasteiger partial charge in [0.05, 0.1) is 37.6 Å². The molecule has 2 aromatic carbocycles. The number of carbonyl (C=O) groups is 2. The van der Waals surface area contributed by atoms with Crippen molar-refractivity contribution >= 4 is 60.8 Å². The Morgan fingerprint density at radius 1 is 0.458 bits per heavy atom. The van der Waals surface area contributed by atoms with Gasteiger partial charge < -0.3 is 39.5 Å². The van der Waals surface area contributed by atoms with Crippen molar-refractivity contribution < 1.29 is 39.5 Å². The van der Waals surface area contributed by atoms with Crippen molar-refractivity contribution in [2.75, 3.05) is 0 Å². The molecule has 2 aromatic rings. The van der Waals surface area contributed by atoms with Gasteiger partial charge in [0.25, 0.3) is 0 Å². The Balaban J connectivity index is 0.00000112. The molecule has 0 bridgehead atoms. The van der Waals surface area contributed by atoms with Crippen LogP contribution in [0.1, 0.15) is 205 Å². The van der Waals surface area contributed by atoms with Crippen LogP contribution in [0, 0.1) is 0 Å². The van der Waals surface area contributed by atoms with Crippen LogP contribution in [0.25, 0.3) is 0 Å². The van der Waals surface area contributed by atoms with E-state index in [9.17, 15) is 30.0 Å². The molecule has 2 N–H and O–H groups in total. The standard InChI is InChI=1S/2C25H42O4.Ba/c2*1-2-3-4-5-6-7-8-12-16-23(26)17-13-18-24(19-20-25(27)28)29-21-22-14-10-9-11-15-22;/h2*9-11,14-15,23-24,26H,2-8,12-13,16-21H2,1H3,(H,27,28);/q;;+2/p-2. The minimum atomic E-state index is -1.03. The fourth-order valence-corrected chi connectivity index (χ4v) is 7.23. The van der Waals surface area contributed by atoms with E-state index in [-0.39, 0.29) is 86.1 Å². The van der Waals surface area contributed by atoms with Gasteiger partial charge in [-0.3, -0.25) is 0 Å². The zero-order valence-corrected chi connectivity index (χ0v) is 41.8. The first-order chi connectivity index (χ1) is 28.2. The number of rotatable bonds is 38. The number of ether oxygens (including phenoxy) is 2. The van der Waals surface area contributed by atoms with Crippen LogP contribution in [-0.2, 0) is 32.3 Å². The average molecular weight is 949 g/mol. The van der Waals surface area contributed by atoms with Crippen LogP contribution in [-0.4, -0.2) is 95.4 Å². The largest absolute Gasteiger partial charge is 2.00 e. The molecule has 0 radical (unpaired) electrons. The van der Waals surface area contributed by atoms with Gasteiger partial charge in [0.1, 0.15) is 0 Å².